The lowest BCUT2D eigenvalue weighted by atomic mass is 10.2. The first kappa shape index (κ1) is 13.1. The van der Waals surface area contributed by atoms with E-state index in [0.29, 0.717) is 11.0 Å². The molecular weight excluding hydrogens is 268 g/mol. The van der Waals surface area contributed by atoms with E-state index in [9.17, 15) is 9.90 Å². The van der Waals surface area contributed by atoms with Crippen LogP contribution in [0.2, 0.25) is 0 Å². The van der Waals surface area contributed by atoms with Gasteiger partial charge in [-0.2, -0.15) is 4.80 Å². The molecule has 1 aromatic heterocycles. The first-order chi connectivity index (χ1) is 10.0. The molecule has 6 nitrogen and oxygen atoms in total. The normalized spacial score (nSPS) is 10.8. The maximum atomic E-state index is 10.9. The smallest absolute Gasteiger partial charge is 0.114 e. The molecule has 0 radical (unpaired) electrons. The van der Waals surface area contributed by atoms with Gasteiger partial charge in [-0.1, -0.05) is 6.07 Å². The number of fused-ring (bicyclic) bond motifs is 1. The summed E-state index contributed by atoms with van der Waals surface area (Å²) in [4.78, 5) is 14.3. The van der Waals surface area contributed by atoms with Crippen LogP contribution in [-0.4, -0.2) is 35.1 Å². The third-order valence-corrected chi connectivity index (χ3v) is 3.21. The number of nitrogens with zero attached hydrogens (tertiary/aromatic N) is 4. The number of carboxylic acids is 1. The van der Waals surface area contributed by atoms with Crippen molar-refractivity contribution in [2.75, 3.05) is 19.0 Å². The van der Waals surface area contributed by atoms with Crippen LogP contribution in [0, 0.1) is 0 Å². The Morgan fingerprint density at radius 3 is 2.33 bits per heavy atom. The molecule has 21 heavy (non-hydrogen) atoms. The second-order valence-corrected chi connectivity index (χ2v) is 4.89. The number of rotatable bonds is 3. The Balaban J connectivity index is 2.02. The fraction of sp³-hybridized carbons (Fsp3) is 0.133. The molecular formula is C15H13N4O2-. The van der Waals surface area contributed by atoms with E-state index in [2.05, 4.69) is 10.2 Å². The summed E-state index contributed by atoms with van der Waals surface area (Å²) < 4.78 is 0. The van der Waals surface area contributed by atoms with Crippen LogP contribution in [0.4, 0.5) is 5.69 Å². The molecule has 0 fully saturated rings. The third kappa shape index (κ3) is 2.43. The van der Waals surface area contributed by atoms with Crippen LogP contribution >= 0.6 is 0 Å². The van der Waals surface area contributed by atoms with Gasteiger partial charge in [-0.25, -0.2) is 0 Å². The van der Waals surface area contributed by atoms with Crippen molar-refractivity contribution >= 4 is 22.7 Å². The molecule has 0 spiro atoms. The highest BCUT2D eigenvalue weighted by Crippen LogP contribution is 2.17. The van der Waals surface area contributed by atoms with Gasteiger partial charge in [-0.3, -0.25) is 0 Å². The number of hydrogen-bond donors (Lipinski definition) is 0. The summed E-state index contributed by atoms with van der Waals surface area (Å²) in [5.74, 6) is -1.22. The van der Waals surface area contributed by atoms with Gasteiger partial charge in [0.15, 0.2) is 0 Å². The molecule has 0 saturated heterocycles. The molecule has 106 valence electrons. The van der Waals surface area contributed by atoms with Crippen LogP contribution in [0.15, 0.2) is 42.5 Å². The Kier molecular flexibility index (Phi) is 3.06. The third-order valence-electron chi connectivity index (χ3n) is 3.21. The van der Waals surface area contributed by atoms with Crippen molar-refractivity contribution in [2.24, 2.45) is 0 Å². The molecule has 3 aromatic rings. The Hall–Kier alpha value is -2.89. The fourth-order valence-electron chi connectivity index (χ4n) is 2.04. The first-order valence-electron chi connectivity index (χ1n) is 6.41. The van der Waals surface area contributed by atoms with Gasteiger partial charge in [0.05, 0.1) is 11.7 Å². The molecule has 0 N–H and O–H groups in total. The summed E-state index contributed by atoms with van der Waals surface area (Å²) in [5.41, 5.74) is 3.14. The summed E-state index contributed by atoms with van der Waals surface area (Å²) in [6, 6.07) is 12.3. The number of benzene rings is 2. The summed E-state index contributed by atoms with van der Waals surface area (Å²) >= 11 is 0. The zero-order valence-corrected chi connectivity index (χ0v) is 11.6. The maximum absolute atomic E-state index is 10.9. The van der Waals surface area contributed by atoms with Crippen molar-refractivity contribution in [3.05, 3.63) is 48.0 Å². The van der Waals surface area contributed by atoms with E-state index in [4.69, 9.17) is 0 Å². The van der Waals surface area contributed by atoms with E-state index >= 15 is 0 Å². The maximum Gasteiger partial charge on any atom is 0.114 e. The molecule has 0 aliphatic rings. The van der Waals surface area contributed by atoms with Crippen molar-refractivity contribution in [2.45, 2.75) is 0 Å². The van der Waals surface area contributed by atoms with Gasteiger partial charge < -0.3 is 14.8 Å². The van der Waals surface area contributed by atoms with Crippen molar-refractivity contribution in [1.29, 1.82) is 0 Å². The second kappa shape index (κ2) is 4.90. The predicted molar refractivity (Wildman–Crippen MR) is 77.5 cm³/mol. The SMILES string of the molecule is CN(C)c1ccc(-n2nc3ccc(C(=O)[O-])cc3n2)cc1. The number of carboxylic acid groups (broad SMARTS) is 1. The number of hydrogen-bond acceptors (Lipinski definition) is 5. The Labute approximate surface area is 121 Å². The van der Waals surface area contributed by atoms with Crippen LogP contribution in [-0.2, 0) is 0 Å². The van der Waals surface area contributed by atoms with E-state index in [1.807, 2.05) is 43.3 Å². The lowest BCUT2D eigenvalue weighted by molar-refractivity contribution is -0.255. The zero-order chi connectivity index (χ0) is 15.0. The van der Waals surface area contributed by atoms with E-state index in [0.717, 1.165) is 11.4 Å². The molecule has 1 heterocycles. The number of carbonyl (C=O) groups is 1. The highest BCUT2D eigenvalue weighted by atomic mass is 16.4. The Morgan fingerprint density at radius 2 is 1.71 bits per heavy atom. The molecule has 3 rings (SSSR count). The Bertz CT molecular complexity index is 806. The van der Waals surface area contributed by atoms with E-state index in [1.165, 1.54) is 16.9 Å². The average Bonchev–Trinajstić information content (AvgIpc) is 2.90. The topological polar surface area (TPSA) is 74.1 Å². The highest BCUT2D eigenvalue weighted by Gasteiger charge is 2.06. The molecule has 0 bridgehead atoms. The van der Waals surface area contributed by atoms with E-state index in [1.54, 1.807) is 6.07 Å². The average molecular weight is 281 g/mol. The standard InChI is InChI=1S/C15H14N4O2/c1-18(2)11-4-6-12(7-5-11)19-16-13-8-3-10(15(20)21)9-14(13)17-19/h3-9H,1-2H3,(H,20,21)/p-1. The quantitative estimate of drug-likeness (QED) is 0.711. The van der Waals surface area contributed by atoms with Crippen molar-refractivity contribution in [3.8, 4) is 5.69 Å². The molecule has 0 atom stereocenters. The van der Waals surface area contributed by atoms with Crippen LogP contribution in [0.25, 0.3) is 16.7 Å². The summed E-state index contributed by atoms with van der Waals surface area (Å²) in [6.07, 6.45) is 0. The van der Waals surface area contributed by atoms with Gasteiger partial charge in [0.1, 0.15) is 11.0 Å². The van der Waals surface area contributed by atoms with Crippen LogP contribution in [0.3, 0.4) is 0 Å². The minimum absolute atomic E-state index is 0.0949. The number of carbonyl (C=O) groups excluding carboxylic acids is 1. The molecule has 0 amide bonds. The minimum Gasteiger partial charge on any atom is -0.545 e. The number of aromatic nitrogens is 3. The summed E-state index contributed by atoms with van der Waals surface area (Å²) in [7, 11) is 3.94. The summed E-state index contributed by atoms with van der Waals surface area (Å²) in [6.45, 7) is 0. The fourth-order valence-corrected chi connectivity index (χ4v) is 2.04. The van der Waals surface area contributed by atoms with Crippen LogP contribution < -0.4 is 10.0 Å². The zero-order valence-electron chi connectivity index (χ0n) is 11.6. The van der Waals surface area contributed by atoms with E-state index in [-0.39, 0.29) is 5.56 Å². The van der Waals surface area contributed by atoms with Crippen LogP contribution in [0.1, 0.15) is 10.4 Å². The first-order valence-corrected chi connectivity index (χ1v) is 6.41. The monoisotopic (exact) mass is 281 g/mol. The van der Waals surface area contributed by atoms with Gasteiger partial charge >= 0.3 is 0 Å². The molecule has 0 aliphatic carbocycles. The lowest BCUT2D eigenvalue weighted by Gasteiger charge is -2.12. The largest absolute Gasteiger partial charge is 0.545 e. The van der Waals surface area contributed by atoms with Gasteiger partial charge in [-0.15, -0.1) is 10.2 Å². The molecule has 2 aromatic carbocycles. The van der Waals surface area contributed by atoms with Crippen molar-refractivity contribution in [3.63, 3.8) is 0 Å². The molecule has 0 saturated carbocycles. The van der Waals surface area contributed by atoms with Gasteiger partial charge in [0.2, 0.25) is 0 Å². The van der Waals surface area contributed by atoms with Crippen molar-refractivity contribution < 1.29 is 9.90 Å². The van der Waals surface area contributed by atoms with Gasteiger partial charge in [-0.05, 0) is 42.0 Å². The van der Waals surface area contributed by atoms with Gasteiger partial charge in [0, 0.05) is 19.8 Å². The lowest BCUT2D eigenvalue weighted by Crippen LogP contribution is -2.21. The van der Waals surface area contributed by atoms with Crippen LogP contribution in [0.5, 0.6) is 0 Å². The number of aromatic carboxylic acids is 1. The highest BCUT2D eigenvalue weighted by molar-refractivity contribution is 5.90. The van der Waals surface area contributed by atoms with Crippen molar-refractivity contribution in [1.82, 2.24) is 15.0 Å². The van der Waals surface area contributed by atoms with Gasteiger partial charge in [0.25, 0.3) is 0 Å². The molecule has 6 heteroatoms. The second-order valence-electron chi connectivity index (χ2n) is 4.89. The Morgan fingerprint density at radius 1 is 1.05 bits per heavy atom. The molecule has 0 unspecified atom stereocenters. The molecule has 0 aliphatic heterocycles. The van der Waals surface area contributed by atoms with E-state index < -0.39 is 5.97 Å². The number of anilines is 1. The minimum atomic E-state index is -1.22. The summed E-state index contributed by atoms with van der Waals surface area (Å²) in [5, 5.41) is 19.5. The predicted octanol–water partition coefficient (Wildman–Crippen LogP) is 0.850.